The van der Waals surface area contributed by atoms with E-state index in [9.17, 15) is 18.0 Å². The highest BCUT2D eigenvalue weighted by Crippen LogP contribution is 2.37. The number of aromatic amines is 1. The van der Waals surface area contributed by atoms with Crippen LogP contribution >= 0.6 is 11.8 Å². The lowest BCUT2D eigenvalue weighted by Crippen LogP contribution is -2.13. The molecule has 0 unspecified atom stereocenters. The van der Waals surface area contributed by atoms with Crippen molar-refractivity contribution in [2.75, 3.05) is 0 Å². The Kier molecular flexibility index (Phi) is 4.99. The Hall–Kier alpha value is -2.81. The third-order valence-corrected chi connectivity index (χ3v) is 4.13. The molecule has 134 valence electrons. The van der Waals surface area contributed by atoms with Crippen LogP contribution in [0.2, 0.25) is 0 Å². The summed E-state index contributed by atoms with van der Waals surface area (Å²) in [5, 5.41) is 10.8. The maximum absolute atomic E-state index is 12.5. The van der Waals surface area contributed by atoms with Crippen molar-refractivity contribution in [3.8, 4) is 5.69 Å². The van der Waals surface area contributed by atoms with Gasteiger partial charge in [-0.1, -0.05) is 18.2 Å². The summed E-state index contributed by atoms with van der Waals surface area (Å²) in [6.45, 7) is 1.69. The highest BCUT2D eigenvalue weighted by atomic mass is 32.2. The van der Waals surface area contributed by atoms with Crippen LogP contribution < -0.4 is 5.56 Å². The Balaban J connectivity index is 1.83. The standard InChI is InChI=1S/C17H13F3N4OS/c1-11-15(16(25)24(23-11)13-5-3-2-4-6-13)22-21-12-7-9-14(10-8-12)26-17(18,19)20/h2-10,23H,1H3. The molecule has 0 fully saturated rings. The van der Waals surface area contributed by atoms with Crippen LogP contribution in [-0.2, 0) is 0 Å². The highest BCUT2D eigenvalue weighted by molar-refractivity contribution is 8.00. The van der Waals surface area contributed by atoms with Crippen LogP contribution in [0.3, 0.4) is 0 Å². The molecule has 0 aliphatic heterocycles. The maximum Gasteiger partial charge on any atom is 0.446 e. The van der Waals surface area contributed by atoms with Crippen molar-refractivity contribution in [3.05, 3.63) is 70.6 Å². The fourth-order valence-electron chi connectivity index (χ4n) is 2.24. The van der Waals surface area contributed by atoms with Crippen LogP contribution in [0.25, 0.3) is 5.69 Å². The first-order valence-corrected chi connectivity index (χ1v) is 8.30. The normalized spacial score (nSPS) is 12.0. The predicted molar refractivity (Wildman–Crippen MR) is 93.7 cm³/mol. The molecule has 5 nitrogen and oxygen atoms in total. The molecule has 0 amide bonds. The average Bonchev–Trinajstić information content (AvgIpc) is 2.88. The van der Waals surface area contributed by atoms with Crippen LogP contribution in [0.4, 0.5) is 24.5 Å². The molecule has 0 bridgehead atoms. The molecule has 1 aromatic heterocycles. The number of aromatic nitrogens is 2. The van der Waals surface area contributed by atoms with E-state index in [0.29, 0.717) is 17.1 Å². The van der Waals surface area contributed by atoms with Crippen molar-refractivity contribution >= 4 is 23.1 Å². The van der Waals surface area contributed by atoms with Gasteiger partial charge in [0.2, 0.25) is 0 Å². The number of hydrogen-bond acceptors (Lipinski definition) is 4. The Bertz CT molecular complexity index is 976. The molecule has 1 N–H and O–H groups in total. The Morgan fingerprint density at radius 1 is 1.00 bits per heavy atom. The fourth-order valence-corrected chi connectivity index (χ4v) is 2.78. The number of para-hydroxylation sites is 1. The molecule has 26 heavy (non-hydrogen) atoms. The number of azo groups is 1. The lowest BCUT2D eigenvalue weighted by Gasteiger charge is -2.04. The van der Waals surface area contributed by atoms with Gasteiger partial charge in [0.25, 0.3) is 5.56 Å². The molecule has 9 heteroatoms. The molecular formula is C17H13F3N4OS. The Morgan fingerprint density at radius 2 is 1.65 bits per heavy atom. The molecule has 0 atom stereocenters. The molecule has 2 aromatic carbocycles. The molecular weight excluding hydrogens is 365 g/mol. The largest absolute Gasteiger partial charge is 0.446 e. The van der Waals surface area contributed by atoms with E-state index >= 15 is 0 Å². The monoisotopic (exact) mass is 378 g/mol. The van der Waals surface area contributed by atoms with Crippen LogP contribution in [0.15, 0.2) is 74.5 Å². The molecule has 3 rings (SSSR count). The molecule has 1 heterocycles. The number of hydrogen-bond donors (Lipinski definition) is 1. The van der Waals surface area contributed by atoms with Crippen LogP contribution in [0.5, 0.6) is 0 Å². The van der Waals surface area contributed by atoms with Crippen molar-refractivity contribution in [2.45, 2.75) is 17.3 Å². The van der Waals surface area contributed by atoms with Crippen molar-refractivity contribution in [1.82, 2.24) is 9.78 Å². The number of H-pyrrole nitrogens is 1. The lowest BCUT2D eigenvalue weighted by atomic mass is 10.3. The number of nitrogens with one attached hydrogen (secondary N) is 1. The zero-order valence-electron chi connectivity index (χ0n) is 13.5. The van der Waals surface area contributed by atoms with Crippen LogP contribution in [0, 0.1) is 6.92 Å². The van der Waals surface area contributed by atoms with Gasteiger partial charge in [0.05, 0.1) is 17.1 Å². The second-order valence-corrected chi connectivity index (χ2v) is 6.44. The summed E-state index contributed by atoms with van der Waals surface area (Å²) < 4.78 is 38.3. The van der Waals surface area contributed by atoms with Gasteiger partial charge in [-0.2, -0.15) is 18.3 Å². The number of alkyl halides is 3. The summed E-state index contributed by atoms with van der Waals surface area (Å²) >= 11 is -0.201. The van der Waals surface area contributed by atoms with Crippen molar-refractivity contribution < 1.29 is 13.2 Å². The molecule has 0 aliphatic carbocycles. The van der Waals surface area contributed by atoms with Crippen molar-refractivity contribution in [3.63, 3.8) is 0 Å². The third kappa shape index (κ3) is 4.23. The first kappa shape index (κ1) is 18.0. The Morgan fingerprint density at radius 3 is 2.27 bits per heavy atom. The van der Waals surface area contributed by atoms with E-state index in [-0.39, 0.29) is 27.9 Å². The minimum absolute atomic E-state index is 0.0562. The van der Waals surface area contributed by atoms with Gasteiger partial charge in [-0.15, -0.1) is 5.11 Å². The predicted octanol–water partition coefficient (Wildman–Crippen LogP) is 5.50. The third-order valence-electron chi connectivity index (χ3n) is 3.39. The minimum Gasteiger partial charge on any atom is -0.293 e. The van der Waals surface area contributed by atoms with Gasteiger partial charge in [0.15, 0.2) is 5.69 Å². The Labute approximate surface area is 150 Å². The van der Waals surface area contributed by atoms with Gasteiger partial charge in [-0.25, -0.2) is 4.68 Å². The number of thioether (sulfide) groups is 1. The van der Waals surface area contributed by atoms with E-state index < -0.39 is 5.51 Å². The van der Waals surface area contributed by atoms with E-state index in [1.54, 1.807) is 31.2 Å². The minimum atomic E-state index is -4.34. The SMILES string of the molecule is Cc1[nH]n(-c2ccccc2)c(=O)c1N=Nc1ccc(SC(F)(F)F)cc1. The first-order valence-electron chi connectivity index (χ1n) is 7.48. The van der Waals surface area contributed by atoms with E-state index in [1.807, 2.05) is 6.07 Å². The first-order chi connectivity index (χ1) is 12.3. The van der Waals surface area contributed by atoms with E-state index in [0.717, 1.165) is 0 Å². The van der Waals surface area contributed by atoms with Crippen LogP contribution in [0.1, 0.15) is 5.69 Å². The highest BCUT2D eigenvalue weighted by Gasteiger charge is 2.28. The number of nitrogens with zero attached hydrogens (tertiary/aromatic N) is 3. The lowest BCUT2D eigenvalue weighted by molar-refractivity contribution is -0.0328. The van der Waals surface area contributed by atoms with Crippen molar-refractivity contribution in [1.29, 1.82) is 0 Å². The summed E-state index contributed by atoms with van der Waals surface area (Å²) in [6.07, 6.45) is 0. The van der Waals surface area contributed by atoms with Gasteiger partial charge in [-0.05, 0) is 55.1 Å². The molecule has 3 aromatic rings. The summed E-state index contributed by atoms with van der Waals surface area (Å²) in [4.78, 5) is 12.5. The van der Waals surface area contributed by atoms with Gasteiger partial charge in [-0.3, -0.25) is 9.89 Å². The molecule has 0 aliphatic rings. The summed E-state index contributed by atoms with van der Waals surface area (Å²) in [6, 6.07) is 14.4. The topological polar surface area (TPSA) is 62.5 Å². The molecule has 0 spiro atoms. The van der Waals surface area contributed by atoms with Gasteiger partial charge < -0.3 is 0 Å². The molecule has 0 saturated heterocycles. The van der Waals surface area contributed by atoms with Gasteiger partial charge >= 0.3 is 5.51 Å². The summed E-state index contributed by atoms with van der Waals surface area (Å²) in [7, 11) is 0. The molecule has 0 saturated carbocycles. The number of rotatable bonds is 4. The van der Waals surface area contributed by atoms with Crippen LogP contribution in [-0.4, -0.2) is 15.3 Å². The van der Waals surface area contributed by atoms with E-state index in [4.69, 9.17) is 0 Å². The smallest absolute Gasteiger partial charge is 0.293 e. The zero-order valence-corrected chi connectivity index (χ0v) is 14.3. The van der Waals surface area contributed by atoms with Crippen molar-refractivity contribution in [2.24, 2.45) is 10.2 Å². The van der Waals surface area contributed by atoms with Gasteiger partial charge in [0.1, 0.15) is 0 Å². The number of halogens is 3. The van der Waals surface area contributed by atoms with Gasteiger partial charge in [0, 0.05) is 4.90 Å². The zero-order chi connectivity index (χ0) is 18.7. The number of benzene rings is 2. The quantitative estimate of drug-likeness (QED) is 0.481. The fraction of sp³-hybridized carbons (Fsp3) is 0.118. The second-order valence-electron chi connectivity index (χ2n) is 5.30. The second kappa shape index (κ2) is 7.20. The van der Waals surface area contributed by atoms with E-state index in [1.165, 1.54) is 28.9 Å². The number of aryl methyl sites for hydroxylation is 1. The summed E-state index contributed by atoms with van der Waals surface area (Å²) in [5.74, 6) is 0. The van der Waals surface area contributed by atoms with E-state index in [2.05, 4.69) is 15.3 Å². The summed E-state index contributed by atoms with van der Waals surface area (Å²) in [5.41, 5.74) is -3.01. The average molecular weight is 378 g/mol. The molecule has 0 radical (unpaired) electrons. The maximum atomic E-state index is 12.5.